The zero-order valence-corrected chi connectivity index (χ0v) is 22.0. The number of hydrogen-bond donors (Lipinski definition) is 0. The van der Waals surface area contributed by atoms with E-state index in [2.05, 4.69) is 60.8 Å². The van der Waals surface area contributed by atoms with E-state index in [4.69, 9.17) is 0 Å². The molecule has 1 aromatic heterocycles. The van der Waals surface area contributed by atoms with Gasteiger partial charge in [0.1, 0.15) is 6.29 Å². The van der Waals surface area contributed by atoms with Crippen LogP contribution in [0.2, 0.25) is 0 Å². The normalized spacial score (nSPS) is 16.1. The summed E-state index contributed by atoms with van der Waals surface area (Å²) in [4.78, 5) is 12.6. The van der Waals surface area contributed by atoms with Gasteiger partial charge in [-0.2, -0.15) is 4.31 Å². The molecule has 32 heavy (non-hydrogen) atoms. The lowest BCUT2D eigenvalue weighted by Crippen LogP contribution is -2.37. The van der Waals surface area contributed by atoms with E-state index < -0.39 is 10.0 Å². The molecular weight excluding hydrogens is 555 g/mol. The molecule has 2 heterocycles. The van der Waals surface area contributed by atoms with Crippen molar-refractivity contribution in [2.45, 2.75) is 54.2 Å². The number of rotatable bonds is 7. The van der Waals surface area contributed by atoms with E-state index in [1.54, 1.807) is 28.2 Å². The van der Waals surface area contributed by atoms with Crippen molar-refractivity contribution in [3.05, 3.63) is 57.8 Å². The van der Waals surface area contributed by atoms with Crippen molar-refractivity contribution in [3.8, 4) is 0 Å². The third-order valence-electron chi connectivity index (χ3n) is 5.87. The number of carbonyl (C=O) groups is 1. The third kappa shape index (κ3) is 4.93. The highest BCUT2D eigenvalue weighted by Gasteiger charge is 2.31. The molecule has 0 N–H and O–H groups in total. The largest absolute Gasteiger partial charge is 0.340 e. The Morgan fingerprint density at radius 3 is 2.44 bits per heavy atom. The summed E-state index contributed by atoms with van der Waals surface area (Å²) in [6.07, 6.45) is 4.54. The maximum atomic E-state index is 13.2. The molecule has 1 aliphatic rings. The molecule has 8 heteroatoms. The second-order valence-corrected chi connectivity index (χ2v) is 13.2. The van der Waals surface area contributed by atoms with Crippen LogP contribution in [-0.2, 0) is 21.4 Å². The Kier molecular flexibility index (Phi) is 7.33. The van der Waals surface area contributed by atoms with Crippen LogP contribution in [-0.4, -0.2) is 41.9 Å². The molecule has 4 rings (SSSR count). The number of nitrogens with zero attached hydrogens (tertiary/aromatic N) is 2. The molecule has 0 atom stereocenters. The summed E-state index contributed by atoms with van der Waals surface area (Å²) in [5.74, 6) is 0.279. The Morgan fingerprint density at radius 2 is 1.81 bits per heavy atom. The Morgan fingerprint density at radius 1 is 1.12 bits per heavy atom. The van der Waals surface area contributed by atoms with Crippen LogP contribution in [0.5, 0.6) is 0 Å². The molecule has 0 amide bonds. The Bertz CT molecular complexity index is 1210. The fraction of sp³-hybridized carbons (Fsp3) is 0.375. The van der Waals surface area contributed by atoms with Crippen molar-refractivity contribution in [2.75, 3.05) is 13.1 Å². The quantitative estimate of drug-likeness (QED) is 0.209. The number of hydrogen-bond acceptors (Lipinski definition) is 4. The molecule has 1 aliphatic heterocycles. The molecule has 2 aromatic carbocycles. The standard InChI is InChI=1S/C24H27IN2O3S2/c1-17(2)31-20-4-6-21(7-5-20)32(29,30)27-11-9-18(10-12-27)23-16-26(13-14-28)24-15-19(25)3-8-22(23)24/h3-8,14-18H,9-13H2,1-2H3. The molecule has 0 radical (unpaired) electrons. The minimum Gasteiger partial charge on any atom is -0.340 e. The van der Waals surface area contributed by atoms with Crippen LogP contribution in [0.25, 0.3) is 10.9 Å². The molecule has 1 saturated heterocycles. The van der Waals surface area contributed by atoms with Crippen LogP contribution >= 0.6 is 34.4 Å². The molecular formula is C24H27IN2O3S2. The van der Waals surface area contributed by atoms with Gasteiger partial charge in [-0.25, -0.2) is 8.42 Å². The lowest BCUT2D eigenvalue weighted by Gasteiger charge is -2.31. The lowest BCUT2D eigenvalue weighted by molar-refractivity contribution is -0.108. The number of thioether (sulfide) groups is 1. The van der Waals surface area contributed by atoms with Crippen molar-refractivity contribution >= 4 is 61.6 Å². The molecule has 1 fully saturated rings. The van der Waals surface area contributed by atoms with Gasteiger partial charge >= 0.3 is 0 Å². The van der Waals surface area contributed by atoms with Crippen LogP contribution in [0.15, 0.2) is 58.5 Å². The van der Waals surface area contributed by atoms with Crippen LogP contribution in [0.4, 0.5) is 0 Å². The van der Waals surface area contributed by atoms with Crippen molar-refractivity contribution in [1.82, 2.24) is 8.87 Å². The molecule has 0 saturated carbocycles. The van der Waals surface area contributed by atoms with E-state index in [0.717, 1.165) is 38.5 Å². The summed E-state index contributed by atoms with van der Waals surface area (Å²) in [5, 5.41) is 1.62. The Balaban J connectivity index is 1.51. The van der Waals surface area contributed by atoms with Gasteiger partial charge in [0, 0.05) is 43.9 Å². The van der Waals surface area contributed by atoms with Gasteiger partial charge in [-0.1, -0.05) is 19.9 Å². The van der Waals surface area contributed by atoms with Gasteiger partial charge in [-0.3, -0.25) is 0 Å². The van der Waals surface area contributed by atoms with E-state index in [9.17, 15) is 13.2 Å². The number of aldehydes is 1. The second kappa shape index (κ2) is 9.87. The minimum atomic E-state index is -3.49. The summed E-state index contributed by atoms with van der Waals surface area (Å²) < 4.78 is 31.1. The third-order valence-corrected chi connectivity index (χ3v) is 9.47. The van der Waals surface area contributed by atoms with Gasteiger partial charge < -0.3 is 9.36 Å². The summed E-state index contributed by atoms with van der Waals surface area (Å²) in [6, 6.07) is 13.5. The molecule has 0 unspecified atom stereocenters. The molecule has 170 valence electrons. The number of sulfonamides is 1. The number of benzene rings is 2. The van der Waals surface area contributed by atoms with E-state index in [0.29, 0.717) is 29.8 Å². The summed E-state index contributed by atoms with van der Waals surface area (Å²) >= 11 is 4.01. The Labute approximate surface area is 207 Å². The number of piperidine rings is 1. The van der Waals surface area contributed by atoms with Crippen LogP contribution < -0.4 is 0 Å². The lowest BCUT2D eigenvalue weighted by atomic mass is 9.90. The van der Waals surface area contributed by atoms with E-state index >= 15 is 0 Å². The van der Waals surface area contributed by atoms with E-state index in [1.807, 2.05) is 16.7 Å². The molecule has 0 bridgehead atoms. The predicted molar refractivity (Wildman–Crippen MR) is 139 cm³/mol. The summed E-state index contributed by atoms with van der Waals surface area (Å²) in [5.41, 5.74) is 2.28. The highest BCUT2D eigenvalue weighted by atomic mass is 127. The predicted octanol–water partition coefficient (Wildman–Crippen LogP) is 5.51. The zero-order chi connectivity index (χ0) is 22.9. The van der Waals surface area contributed by atoms with E-state index in [1.165, 1.54) is 5.56 Å². The van der Waals surface area contributed by atoms with Gasteiger partial charge in [0.25, 0.3) is 0 Å². The topological polar surface area (TPSA) is 59.4 Å². The first-order valence-electron chi connectivity index (χ1n) is 10.8. The van der Waals surface area contributed by atoms with Gasteiger partial charge in [-0.05, 0) is 83.3 Å². The first-order valence-corrected chi connectivity index (χ1v) is 14.2. The van der Waals surface area contributed by atoms with Gasteiger partial charge in [0.05, 0.1) is 11.4 Å². The fourth-order valence-electron chi connectivity index (χ4n) is 4.37. The van der Waals surface area contributed by atoms with Crippen LogP contribution in [0, 0.1) is 3.57 Å². The van der Waals surface area contributed by atoms with Gasteiger partial charge in [0.15, 0.2) is 0 Å². The smallest absolute Gasteiger partial charge is 0.243 e. The molecule has 3 aromatic rings. The maximum absolute atomic E-state index is 13.2. The van der Waals surface area contributed by atoms with Crippen molar-refractivity contribution < 1.29 is 13.2 Å². The fourth-order valence-corrected chi connectivity index (χ4v) is 7.15. The monoisotopic (exact) mass is 582 g/mol. The number of aromatic nitrogens is 1. The average Bonchev–Trinajstić information content (AvgIpc) is 3.12. The van der Waals surface area contributed by atoms with E-state index in [-0.39, 0.29) is 5.92 Å². The first-order chi connectivity index (χ1) is 15.3. The molecule has 0 aliphatic carbocycles. The number of carbonyl (C=O) groups excluding carboxylic acids is 1. The van der Waals surface area contributed by atoms with Gasteiger partial charge in [-0.15, -0.1) is 11.8 Å². The second-order valence-electron chi connectivity index (χ2n) is 8.38. The average molecular weight is 583 g/mol. The minimum absolute atomic E-state index is 0.279. The molecule has 0 spiro atoms. The number of halogens is 1. The van der Waals surface area contributed by atoms with Crippen LogP contribution in [0.3, 0.4) is 0 Å². The zero-order valence-electron chi connectivity index (χ0n) is 18.2. The summed E-state index contributed by atoms with van der Waals surface area (Å²) in [6.45, 7) is 5.57. The SMILES string of the molecule is CC(C)Sc1ccc(S(=O)(=O)N2CCC(c3cn(CC=O)c4cc(I)ccc34)CC2)cc1. The maximum Gasteiger partial charge on any atom is 0.243 e. The van der Waals surface area contributed by atoms with Crippen molar-refractivity contribution in [3.63, 3.8) is 0 Å². The first kappa shape index (κ1) is 23.8. The number of fused-ring (bicyclic) bond motifs is 1. The molecule has 5 nitrogen and oxygen atoms in total. The Hall–Kier alpha value is -1.36. The highest BCUT2D eigenvalue weighted by Crippen LogP contribution is 2.36. The van der Waals surface area contributed by atoms with Crippen molar-refractivity contribution in [2.24, 2.45) is 0 Å². The van der Waals surface area contributed by atoms with Gasteiger partial charge in [0.2, 0.25) is 10.0 Å². The highest BCUT2D eigenvalue weighted by molar-refractivity contribution is 14.1. The van der Waals surface area contributed by atoms with Crippen molar-refractivity contribution in [1.29, 1.82) is 0 Å². The summed E-state index contributed by atoms with van der Waals surface area (Å²) in [7, 11) is -3.49. The van der Waals surface area contributed by atoms with Crippen LogP contribution in [0.1, 0.15) is 38.2 Å².